The Balaban J connectivity index is 1.35. The Morgan fingerprint density at radius 2 is 1.79 bits per heavy atom. The molecule has 0 saturated heterocycles. The number of carbonyl (C=O) groups is 1. The van der Waals surface area contributed by atoms with E-state index < -0.39 is 0 Å². The number of hydrogen-bond donors (Lipinski definition) is 1. The van der Waals surface area contributed by atoms with Gasteiger partial charge in [-0.2, -0.15) is 0 Å². The molecule has 4 aromatic rings. The van der Waals surface area contributed by atoms with Crippen LogP contribution in [-0.4, -0.2) is 20.3 Å². The SMILES string of the molecule is Cc1ccn2cc(-c3ccc(NC(=O)CCCc4ccccc4)cc3)nc2n1. The van der Waals surface area contributed by atoms with Crippen LogP contribution in [0.25, 0.3) is 17.0 Å². The number of aryl methyl sites for hydroxylation is 2. The second-order valence-corrected chi connectivity index (χ2v) is 6.87. The third-order valence-electron chi connectivity index (χ3n) is 4.64. The lowest BCUT2D eigenvalue weighted by Crippen LogP contribution is -2.11. The lowest BCUT2D eigenvalue weighted by Gasteiger charge is -2.06. The molecule has 2 heterocycles. The fourth-order valence-corrected chi connectivity index (χ4v) is 3.14. The van der Waals surface area contributed by atoms with Gasteiger partial charge < -0.3 is 5.32 Å². The zero-order valence-electron chi connectivity index (χ0n) is 15.8. The van der Waals surface area contributed by atoms with Crippen LogP contribution in [0.5, 0.6) is 0 Å². The summed E-state index contributed by atoms with van der Waals surface area (Å²) >= 11 is 0. The molecule has 0 fully saturated rings. The summed E-state index contributed by atoms with van der Waals surface area (Å²) in [6, 6.07) is 19.9. The van der Waals surface area contributed by atoms with Crippen molar-refractivity contribution in [2.75, 3.05) is 5.32 Å². The molecular formula is C23H22N4O. The van der Waals surface area contributed by atoms with Crippen LogP contribution >= 0.6 is 0 Å². The summed E-state index contributed by atoms with van der Waals surface area (Å²) in [5, 5.41) is 2.96. The van der Waals surface area contributed by atoms with E-state index in [0.717, 1.165) is 35.5 Å². The Morgan fingerprint density at radius 1 is 1.00 bits per heavy atom. The van der Waals surface area contributed by atoms with E-state index in [0.29, 0.717) is 12.2 Å². The van der Waals surface area contributed by atoms with E-state index in [1.165, 1.54) is 5.56 Å². The highest BCUT2D eigenvalue weighted by Crippen LogP contribution is 2.21. The largest absolute Gasteiger partial charge is 0.326 e. The first-order chi connectivity index (χ1) is 13.7. The van der Waals surface area contributed by atoms with Crippen molar-refractivity contribution in [1.29, 1.82) is 0 Å². The van der Waals surface area contributed by atoms with E-state index in [2.05, 4.69) is 27.4 Å². The van der Waals surface area contributed by atoms with Crippen molar-refractivity contribution in [2.24, 2.45) is 0 Å². The Hall–Kier alpha value is -3.47. The number of imidazole rings is 1. The highest BCUT2D eigenvalue weighted by molar-refractivity contribution is 5.90. The van der Waals surface area contributed by atoms with Gasteiger partial charge in [-0.3, -0.25) is 9.20 Å². The molecule has 2 aromatic heterocycles. The van der Waals surface area contributed by atoms with Gasteiger partial charge in [-0.15, -0.1) is 0 Å². The standard InChI is InChI=1S/C23H22N4O/c1-17-14-15-27-16-21(26-23(27)24-17)19-10-12-20(13-11-19)25-22(28)9-5-8-18-6-3-2-4-7-18/h2-4,6-7,10-16H,5,8-9H2,1H3,(H,25,28). The summed E-state index contributed by atoms with van der Waals surface area (Å²) < 4.78 is 1.91. The minimum atomic E-state index is 0.0380. The second kappa shape index (κ2) is 8.05. The van der Waals surface area contributed by atoms with Gasteiger partial charge in [0.15, 0.2) is 0 Å². The molecule has 0 aliphatic heterocycles. The first kappa shape index (κ1) is 17.9. The lowest BCUT2D eigenvalue weighted by atomic mass is 10.1. The number of rotatable bonds is 6. The van der Waals surface area contributed by atoms with E-state index in [1.54, 1.807) is 0 Å². The molecule has 0 bridgehead atoms. The summed E-state index contributed by atoms with van der Waals surface area (Å²) in [6.45, 7) is 1.95. The number of nitrogens with zero attached hydrogens (tertiary/aromatic N) is 3. The first-order valence-electron chi connectivity index (χ1n) is 9.44. The van der Waals surface area contributed by atoms with Crippen molar-refractivity contribution in [3.05, 3.63) is 84.3 Å². The van der Waals surface area contributed by atoms with E-state index >= 15 is 0 Å². The van der Waals surface area contributed by atoms with Crippen LogP contribution in [0.4, 0.5) is 5.69 Å². The molecule has 2 aromatic carbocycles. The molecule has 140 valence electrons. The van der Waals surface area contributed by atoms with Crippen LogP contribution in [0.2, 0.25) is 0 Å². The second-order valence-electron chi connectivity index (χ2n) is 6.87. The van der Waals surface area contributed by atoms with Gasteiger partial charge in [-0.25, -0.2) is 9.97 Å². The Kier molecular flexibility index (Phi) is 5.15. The fraction of sp³-hybridized carbons (Fsp3) is 0.174. The molecule has 0 aliphatic rings. The predicted molar refractivity (Wildman–Crippen MR) is 111 cm³/mol. The van der Waals surface area contributed by atoms with Gasteiger partial charge in [-0.05, 0) is 43.5 Å². The van der Waals surface area contributed by atoms with Crippen molar-refractivity contribution in [3.8, 4) is 11.3 Å². The van der Waals surface area contributed by atoms with Gasteiger partial charge in [0.05, 0.1) is 5.69 Å². The monoisotopic (exact) mass is 370 g/mol. The molecule has 0 spiro atoms. The Labute approximate surface area is 164 Å². The van der Waals surface area contributed by atoms with Gasteiger partial charge in [0, 0.05) is 35.8 Å². The zero-order valence-corrected chi connectivity index (χ0v) is 15.8. The van der Waals surface area contributed by atoms with Crippen molar-refractivity contribution in [3.63, 3.8) is 0 Å². The van der Waals surface area contributed by atoms with E-state index in [1.807, 2.05) is 72.2 Å². The van der Waals surface area contributed by atoms with Gasteiger partial charge in [-0.1, -0.05) is 42.5 Å². The van der Waals surface area contributed by atoms with Crippen LogP contribution in [0.15, 0.2) is 73.1 Å². The Bertz CT molecular complexity index is 1080. The molecule has 0 saturated carbocycles. The number of benzene rings is 2. The van der Waals surface area contributed by atoms with Crippen LogP contribution in [-0.2, 0) is 11.2 Å². The molecule has 5 heteroatoms. The van der Waals surface area contributed by atoms with Crippen molar-refractivity contribution >= 4 is 17.4 Å². The molecule has 0 aliphatic carbocycles. The highest BCUT2D eigenvalue weighted by Gasteiger charge is 2.07. The molecule has 1 amide bonds. The normalized spacial score (nSPS) is 10.9. The minimum Gasteiger partial charge on any atom is -0.326 e. The number of hydrogen-bond acceptors (Lipinski definition) is 3. The number of fused-ring (bicyclic) bond motifs is 1. The van der Waals surface area contributed by atoms with E-state index in [4.69, 9.17) is 0 Å². The van der Waals surface area contributed by atoms with Crippen LogP contribution < -0.4 is 5.32 Å². The van der Waals surface area contributed by atoms with Crippen LogP contribution in [0.3, 0.4) is 0 Å². The van der Waals surface area contributed by atoms with E-state index in [9.17, 15) is 4.79 Å². The average Bonchev–Trinajstić information content (AvgIpc) is 3.12. The minimum absolute atomic E-state index is 0.0380. The molecule has 5 nitrogen and oxygen atoms in total. The molecule has 0 unspecified atom stereocenters. The Morgan fingerprint density at radius 3 is 2.57 bits per heavy atom. The maximum Gasteiger partial charge on any atom is 0.234 e. The predicted octanol–water partition coefficient (Wildman–Crippen LogP) is 4.67. The summed E-state index contributed by atoms with van der Waals surface area (Å²) in [5.74, 6) is 0.724. The summed E-state index contributed by atoms with van der Waals surface area (Å²) in [7, 11) is 0. The highest BCUT2D eigenvalue weighted by atomic mass is 16.1. The van der Waals surface area contributed by atoms with Crippen LogP contribution in [0, 0.1) is 6.92 Å². The third kappa shape index (κ3) is 4.26. The maximum absolute atomic E-state index is 12.2. The van der Waals surface area contributed by atoms with Crippen molar-refractivity contribution < 1.29 is 4.79 Å². The fourth-order valence-electron chi connectivity index (χ4n) is 3.14. The number of nitrogens with one attached hydrogen (secondary N) is 1. The number of amides is 1. The third-order valence-corrected chi connectivity index (χ3v) is 4.64. The van der Waals surface area contributed by atoms with Crippen LogP contribution in [0.1, 0.15) is 24.1 Å². The molecule has 0 atom stereocenters. The van der Waals surface area contributed by atoms with Gasteiger partial charge in [0.1, 0.15) is 0 Å². The lowest BCUT2D eigenvalue weighted by molar-refractivity contribution is -0.116. The molecule has 1 N–H and O–H groups in total. The van der Waals surface area contributed by atoms with Gasteiger partial charge >= 0.3 is 0 Å². The summed E-state index contributed by atoms with van der Waals surface area (Å²) in [6.07, 6.45) is 6.17. The van der Waals surface area contributed by atoms with Gasteiger partial charge in [0.25, 0.3) is 0 Å². The van der Waals surface area contributed by atoms with Gasteiger partial charge in [0.2, 0.25) is 11.7 Å². The zero-order chi connectivity index (χ0) is 19.3. The first-order valence-corrected chi connectivity index (χ1v) is 9.44. The van der Waals surface area contributed by atoms with Crippen molar-refractivity contribution in [2.45, 2.75) is 26.2 Å². The number of anilines is 1. The smallest absolute Gasteiger partial charge is 0.234 e. The summed E-state index contributed by atoms with van der Waals surface area (Å²) in [4.78, 5) is 21.2. The quantitative estimate of drug-likeness (QED) is 0.537. The molecule has 28 heavy (non-hydrogen) atoms. The topological polar surface area (TPSA) is 59.3 Å². The molecular weight excluding hydrogens is 348 g/mol. The average molecular weight is 370 g/mol. The number of aromatic nitrogens is 3. The molecule has 4 rings (SSSR count). The maximum atomic E-state index is 12.2. The van der Waals surface area contributed by atoms with E-state index in [-0.39, 0.29) is 5.91 Å². The van der Waals surface area contributed by atoms with Crippen molar-refractivity contribution in [1.82, 2.24) is 14.4 Å². The number of carbonyl (C=O) groups excluding carboxylic acids is 1. The molecule has 0 radical (unpaired) electrons. The summed E-state index contributed by atoms with van der Waals surface area (Å²) in [5.41, 5.74) is 4.85.